The average molecular weight is 402 g/mol. The molecule has 1 aromatic carbocycles. The van der Waals surface area contributed by atoms with E-state index in [1.54, 1.807) is 6.20 Å². The van der Waals surface area contributed by atoms with Crippen molar-refractivity contribution >= 4 is 17.2 Å². The van der Waals surface area contributed by atoms with Gasteiger partial charge in [-0.1, -0.05) is 12.1 Å². The minimum Gasteiger partial charge on any atom is -0.369 e. The molecule has 8 nitrogen and oxygen atoms in total. The summed E-state index contributed by atoms with van der Waals surface area (Å²) >= 11 is 1.45. The minimum absolute atomic E-state index is 0.00985. The second-order valence-electron chi connectivity index (χ2n) is 6.12. The maximum absolute atomic E-state index is 12.7. The van der Waals surface area contributed by atoms with Crippen LogP contribution in [0, 0.1) is 0 Å². The van der Waals surface area contributed by atoms with E-state index in [0.29, 0.717) is 23.4 Å². The van der Waals surface area contributed by atoms with Crippen LogP contribution in [0.5, 0.6) is 0 Å². The molecule has 4 N–H and O–H groups in total. The zero-order valence-corrected chi connectivity index (χ0v) is 15.7. The Bertz CT molecular complexity index is 1050. The lowest BCUT2D eigenvalue weighted by molar-refractivity contribution is -0.117. The van der Waals surface area contributed by atoms with Crippen LogP contribution in [0.1, 0.15) is 15.4 Å². The van der Waals surface area contributed by atoms with E-state index in [2.05, 4.69) is 10.1 Å². The molecule has 0 aliphatic rings. The van der Waals surface area contributed by atoms with Gasteiger partial charge in [0.2, 0.25) is 5.91 Å². The molecule has 0 radical (unpaired) electrons. The number of benzene rings is 1. The highest BCUT2D eigenvalue weighted by Crippen LogP contribution is 2.18. The van der Waals surface area contributed by atoms with Gasteiger partial charge in [0.05, 0.1) is 25.0 Å². The summed E-state index contributed by atoms with van der Waals surface area (Å²) in [5.41, 5.74) is 12.2. The van der Waals surface area contributed by atoms with Crippen molar-refractivity contribution in [3.63, 3.8) is 0 Å². The summed E-state index contributed by atoms with van der Waals surface area (Å²) in [6.45, 7) is 0.0269. The van der Waals surface area contributed by atoms with Gasteiger partial charge in [0, 0.05) is 24.0 Å². The van der Waals surface area contributed by atoms with E-state index < -0.39 is 5.91 Å². The van der Waals surface area contributed by atoms with Gasteiger partial charge in [-0.3, -0.25) is 4.79 Å². The van der Waals surface area contributed by atoms with Crippen LogP contribution in [0.25, 0.3) is 5.69 Å². The van der Waals surface area contributed by atoms with Crippen LogP contribution in [0.4, 0.5) is 4.39 Å². The number of carbonyl (C=O) groups is 1. The number of halogens is 1. The summed E-state index contributed by atoms with van der Waals surface area (Å²) in [6, 6.07) is 7.42. The van der Waals surface area contributed by atoms with Crippen LogP contribution in [-0.2, 0) is 24.2 Å². The van der Waals surface area contributed by atoms with Crippen LogP contribution in [-0.4, -0.2) is 31.8 Å². The lowest BCUT2D eigenvalue weighted by Crippen LogP contribution is -2.25. The molecule has 0 atom stereocenters. The third kappa shape index (κ3) is 4.59. The van der Waals surface area contributed by atoms with E-state index in [1.807, 2.05) is 24.3 Å². The van der Waals surface area contributed by atoms with E-state index in [4.69, 9.17) is 11.5 Å². The number of thiazole rings is 1. The van der Waals surface area contributed by atoms with Gasteiger partial charge in [-0.25, -0.2) is 23.4 Å². The van der Waals surface area contributed by atoms with Crippen molar-refractivity contribution < 1.29 is 9.18 Å². The van der Waals surface area contributed by atoms with E-state index in [9.17, 15) is 14.0 Å². The molecule has 3 aromatic rings. The van der Waals surface area contributed by atoms with Crippen LogP contribution < -0.4 is 17.2 Å². The van der Waals surface area contributed by atoms with Crippen molar-refractivity contribution in [2.24, 2.45) is 11.5 Å². The number of hydrogen-bond acceptors (Lipinski definition) is 6. The van der Waals surface area contributed by atoms with Gasteiger partial charge in [0.15, 0.2) is 0 Å². The number of hydrogen-bond donors (Lipinski definition) is 2. The monoisotopic (exact) mass is 402 g/mol. The molecule has 3 rings (SSSR count). The largest absolute Gasteiger partial charge is 0.369 e. The number of amides is 1. The quantitative estimate of drug-likeness (QED) is 0.580. The normalized spacial score (nSPS) is 11.7. The first kappa shape index (κ1) is 19.6. The Hall–Kier alpha value is -3.11. The average Bonchev–Trinajstić information content (AvgIpc) is 3.26. The Balaban J connectivity index is 1.72. The fourth-order valence-corrected chi connectivity index (χ4v) is 3.56. The number of primary amides is 1. The predicted octanol–water partition coefficient (Wildman–Crippen LogP) is 0.921. The lowest BCUT2D eigenvalue weighted by atomic mass is 10.1. The van der Waals surface area contributed by atoms with Crippen molar-refractivity contribution in [1.29, 1.82) is 0 Å². The molecule has 146 valence electrons. The summed E-state index contributed by atoms with van der Waals surface area (Å²) in [6.07, 6.45) is 4.32. The number of aromatic nitrogens is 4. The highest BCUT2D eigenvalue weighted by atomic mass is 32.1. The molecule has 0 unspecified atom stereocenters. The first-order valence-electron chi connectivity index (χ1n) is 8.44. The van der Waals surface area contributed by atoms with Crippen LogP contribution in [0.2, 0.25) is 0 Å². The third-order valence-corrected chi connectivity index (χ3v) is 5.02. The zero-order chi connectivity index (χ0) is 20.1. The van der Waals surface area contributed by atoms with E-state index in [-0.39, 0.29) is 30.8 Å². The molecule has 0 bridgehead atoms. The number of nitrogens with zero attached hydrogens (tertiary/aromatic N) is 4. The summed E-state index contributed by atoms with van der Waals surface area (Å²) < 4.78 is 15.2. The molecule has 28 heavy (non-hydrogen) atoms. The number of carbonyl (C=O) groups excluding carboxylic acids is 1. The van der Waals surface area contributed by atoms with E-state index >= 15 is 0 Å². The maximum atomic E-state index is 12.7. The summed E-state index contributed by atoms with van der Waals surface area (Å²) in [5, 5.41) is 4.70. The summed E-state index contributed by atoms with van der Waals surface area (Å²) in [4.78, 5) is 28.6. The van der Waals surface area contributed by atoms with Gasteiger partial charge in [-0.15, -0.1) is 11.3 Å². The van der Waals surface area contributed by atoms with Gasteiger partial charge in [-0.05, 0) is 23.3 Å². The maximum Gasteiger partial charge on any atom is 0.350 e. The van der Waals surface area contributed by atoms with Crippen molar-refractivity contribution in [2.45, 2.75) is 19.4 Å². The molecule has 2 heterocycles. The molecule has 0 aliphatic carbocycles. The van der Waals surface area contributed by atoms with Gasteiger partial charge in [-0.2, -0.15) is 5.10 Å². The SMILES string of the molecule is NC/C(=C\F)Cn1ncn(-c2ccc(Cc3cnc(CC(N)=O)s3)cc2)c1=O. The van der Waals surface area contributed by atoms with Gasteiger partial charge in [0.25, 0.3) is 0 Å². The smallest absolute Gasteiger partial charge is 0.350 e. The molecule has 0 spiro atoms. The molecule has 0 fully saturated rings. The Labute approximate surface area is 163 Å². The van der Waals surface area contributed by atoms with Crippen molar-refractivity contribution in [3.05, 3.63) is 74.6 Å². The first-order chi connectivity index (χ1) is 13.5. The molecular formula is C18H19FN6O2S. The van der Waals surface area contributed by atoms with Gasteiger partial charge < -0.3 is 11.5 Å². The van der Waals surface area contributed by atoms with Gasteiger partial charge in [0.1, 0.15) is 11.3 Å². The van der Waals surface area contributed by atoms with E-state index in [0.717, 1.165) is 15.1 Å². The molecule has 0 saturated heterocycles. The van der Waals surface area contributed by atoms with Crippen LogP contribution in [0.3, 0.4) is 0 Å². The predicted molar refractivity (Wildman–Crippen MR) is 104 cm³/mol. The van der Waals surface area contributed by atoms with E-state index in [1.165, 1.54) is 22.2 Å². The Morgan fingerprint density at radius 1 is 1.29 bits per heavy atom. The highest BCUT2D eigenvalue weighted by molar-refractivity contribution is 7.11. The highest BCUT2D eigenvalue weighted by Gasteiger charge is 2.10. The Kier molecular flexibility index (Phi) is 6.12. The number of rotatable bonds is 8. The van der Waals surface area contributed by atoms with Crippen LogP contribution >= 0.6 is 11.3 Å². The van der Waals surface area contributed by atoms with Crippen molar-refractivity contribution in [2.75, 3.05) is 6.54 Å². The molecule has 0 aliphatic heterocycles. The number of nitrogens with two attached hydrogens (primary N) is 2. The fourth-order valence-electron chi connectivity index (χ4n) is 2.59. The topological polar surface area (TPSA) is 122 Å². The third-order valence-electron chi connectivity index (χ3n) is 4.02. The second kappa shape index (κ2) is 8.72. The standard InChI is InChI=1S/C18H19FN6O2S/c19-7-13(8-20)10-25-18(27)24(11-23-25)14-3-1-12(2-4-14)5-15-9-22-17(28-15)6-16(21)26/h1-4,7,9,11H,5-6,8,10,20H2,(H2,21,26)/b13-7+. The van der Waals surface area contributed by atoms with Crippen molar-refractivity contribution in [1.82, 2.24) is 19.3 Å². The van der Waals surface area contributed by atoms with Gasteiger partial charge >= 0.3 is 5.69 Å². The first-order valence-corrected chi connectivity index (χ1v) is 9.25. The molecule has 2 aromatic heterocycles. The summed E-state index contributed by atoms with van der Waals surface area (Å²) in [5.74, 6) is -0.406. The minimum atomic E-state index is -0.406. The second-order valence-corrected chi connectivity index (χ2v) is 7.32. The molecule has 10 heteroatoms. The van der Waals surface area contributed by atoms with Crippen LogP contribution in [0.15, 0.2) is 53.5 Å². The molecule has 1 amide bonds. The zero-order valence-electron chi connectivity index (χ0n) is 14.9. The molecule has 0 saturated carbocycles. The van der Waals surface area contributed by atoms with Crippen molar-refractivity contribution in [3.8, 4) is 5.69 Å². The lowest BCUT2D eigenvalue weighted by Gasteiger charge is -2.04. The molecular weight excluding hydrogens is 383 g/mol. The fraction of sp³-hybridized carbons (Fsp3) is 0.222. The Morgan fingerprint density at radius 3 is 2.68 bits per heavy atom. The summed E-state index contributed by atoms with van der Waals surface area (Å²) in [7, 11) is 0. The Morgan fingerprint density at radius 2 is 2.04 bits per heavy atom.